The Morgan fingerprint density at radius 3 is 1.45 bits per heavy atom. The van der Waals surface area contributed by atoms with Crippen molar-refractivity contribution < 1.29 is 9.59 Å². The summed E-state index contributed by atoms with van der Waals surface area (Å²) >= 11 is 6.24. The van der Waals surface area contributed by atoms with Crippen LogP contribution in [0.4, 0.5) is 0 Å². The lowest BCUT2D eigenvalue weighted by Crippen LogP contribution is -2.25. The minimum atomic E-state index is 0.101. The number of carbonyl (C=O) groups excluding carboxylic acids is 2. The number of hydrogen-bond donors (Lipinski definition) is 0. The third-order valence-corrected chi connectivity index (χ3v) is 7.09. The lowest BCUT2D eigenvalue weighted by Gasteiger charge is -2.22. The van der Waals surface area contributed by atoms with E-state index in [1.54, 1.807) is 47.8 Å². The van der Waals surface area contributed by atoms with Crippen LogP contribution >= 0.6 is 47.0 Å². The van der Waals surface area contributed by atoms with E-state index in [1.807, 2.05) is 13.8 Å². The predicted octanol–water partition coefficient (Wildman–Crippen LogP) is 4.12. The van der Waals surface area contributed by atoms with E-state index >= 15 is 0 Å². The highest BCUT2D eigenvalue weighted by Gasteiger charge is 2.21. The molecule has 114 valence electrons. The van der Waals surface area contributed by atoms with Gasteiger partial charge in [-0.3, -0.25) is 9.59 Å². The Hall–Kier alpha value is 0.220. The molecule has 0 fully saturated rings. The van der Waals surface area contributed by atoms with Crippen molar-refractivity contribution in [1.29, 1.82) is 0 Å². The molecule has 0 N–H and O–H groups in total. The summed E-state index contributed by atoms with van der Waals surface area (Å²) in [4.78, 5) is 23.0. The molecular weight excluding hydrogens is 328 g/mol. The maximum absolute atomic E-state index is 11.5. The van der Waals surface area contributed by atoms with Gasteiger partial charge in [0.2, 0.25) is 10.2 Å². The van der Waals surface area contributed by atoms with Gasteiger partial charge in [0.05, 0.1) is 0 Å². The van der Waals surface area contributed by atoms with E-state index in [0.29, 0.717) is 10.5 Å². The topological polar surface area (TPSA) is 34.1 Å². The van der Waals surface area contributed by atoms with Crippen LogP contribution in [0.3, 0.4) is 0 Å². The van der Waals surface area contributed by atoms with Gasteiger partial charge in [0, 0.05) is 22.0 Å². The fourth-order valence-electron chi connectivity index (χ4n) is 1.35. The molecule has 0 rings (SSSR count). The normalized spacial score (nSPS) is 14.8. The second kappa shape index (κ2) is 12.9. The summed E-state index contributed by atoms with van der Waals surface area (Å²) in [5.74, 6) is 1.57. The number of carbonyl (C=O) groups is 2. The molecule has 6 heteroatoms. The van der Waals surface area contributed by atoms with Crippen molar-refractivity contribution in [2.45, 2.75) is 24.3 Å². The number of thioether (sulfide) groups is 4. The molecule has 0 bridgehead atoms. The van der Waals surface area contributed by atoms with Gasteiger partial charge in [-0.05, 0) is 38.5 Å². The number of allylic oxidation sites excluding steroid dienone is 2. The van der Waals surface area contributed by atoms with E-state index in [4.69, 9.17) is 0 Å². The monoisotopic (exact) mass is 350 g/mol. The van der Waals surface area contributed by atoms with Crippen molar-refractivity contribution in [3.05, 3.63) is 24.3 Å². The van der Waals surface area contributed by atoms with Crippen molar-refractivity contribution in [3.63, 3.8) is 0 Å². The van der Waals surface area contributed by atoms with Gasteiger partial charge in [-0.25, -0.2) is 0 Å². The van der Waals surface area contributed by atoms with Gasteiger partial charge in [0.15, 0.2) is 0 Å². The summed E-state index contributed by atoms with van der Waals surface area (Å²) in [5, 5.41) is 0.943. The molecule has 0 aliphatic heterocycles. The minimum Gasteiger partial charge on any atom is -0.282 e. The van der Waals surface area contributed by atoms with Crippen LogP contribution in [0.5, 0.6) is 0 Å². The van der Waals surface area contributed by atoms with Crippen LogP contribution in [0.1, 0.15) is 13.8 Å². The first-order chi connectivity index (χ1) is 9.58. The Bertz CT molecular complexity index is 319. The standard InChI is InChI=1S/C14H22O2S4/c1-5-7-13(15)19-9-11(17-3)12(18-4)10-20-14(16)8-6-2/h5-8,11-12H,9-10H2,1-4H3. The molecule has 0 aromatic rings. The molecule has 2 atom stereocenters. The molecule has 2 unspecified atom stereocenters. The zero-order valence-electron chi connectivity index (χ0n) is 12.3. The van der Waals surface area contributed by atoms with Gasteiger partial charge < -0.3 is 0 Å². The molecule has 0 amide bonds. The second-order valence-electron chi connectivity index (χ2n) is 3.81. The Morgan fingerprint density at radius 2 is 1.20 bits per heavy atom. The molecule has 20 heavy (non-hydrogen) atoms. The second-order valence-corrected chi connectivity index (χ2v) is 8.01. The highest BCUT2D eigenvalue weighted by atomic mass is 32.2. The highest BCUT2D eigenvalue weighted by Crippen LogP contribution is 2.28. The van der Waals surface area contributed by atoms with E-state index in [0.717, 1.165) is 11.5 Å². The minimum absolute atomic E-state index is 0.101. The first kappa shape index (κ1) is 20.2. The van der Waals surface area contributed by atoms with Crippen LogP contribution in [0.2, 0.25) is 0 Å². The molecule has 0 saturated carbocycles. The lowest BCUT2D eigenvalue weighted by atomic mass is 10.3. The van der Waals surface area contributed by atoms with E-state index in [9.17, 15) is 9.59 Å². The molecule has 2 nitrogen and oxygen atoms in total. The van der Waals surface area contributed by atoms with Gasteiger partial charge in [0.25, 0.3) is 0 Å². The summed E-state index contributed by atoms with van der Waals surface area (Å²) in [7, 11) is 0. The Morgan fingerprint density at radius 1 is 0.850 bits per heavy atom. The highest BCUT2D eigenvalue weighted by molar-refractivity contribution is 8.15. The molecule has 0 radical (unpaired) electrons. The molecule has 0 aliphatic carbocycles. The quantitative estimate of drug-likeness (QED) is 0.582. The van der Waals surface area contributed by atoms with Gasteiger partial charge in [-0.2, -0.15) is 23.5 Å². The Balaban J connectivity index is 4.34. The van der Waals surface area contributed by atoms with Crippen LogP contribution in [-0.2, 0) is 9.59 Å². The van der Waals surface area contributed by atoms with Gasteiger partial charge in [0.1, 0.15) is 0 Å². The first-order valence-corrected chi connectivity index (χ1v) is 10.8. The SMILES string of the molecule is CC=CC(=O)SCC(SC)C(CSC(=O)C=CC)SC. The smallest absolute Gasteiger partial charge is 0.211 e. The van der Waals surface area contributed by atoms with E-state index in [-0.39, 0.29) is 10.2 Å². The summed E-state index contributed by atoms with van der Waals surface area (Å²) in [6.07, 6.45) is 10.9. The zero-order valence-corrected chi connectivity index (χ0v) is 15.6. The lowest BCUT2D eigenvalue weighted by molar-refractivity contribution is -0.107. The third kappa shape index (κ3) is 9.21. The maximum Gasteiger partial charge on any atom is 0.211 e. The molecule has 0 aromatic carbocycles. The van der Waals surface area contributed by atoms with Crippen LogP contribution in [0.15, 0.2) is 24.3 Å². The summed E-state index contributed by atoms with van der Waals surface area (Å²) in [6, 6.07) is 0. The summed E-state index contributed by atoms with van der Waals surface area (Å²) in [6.45, 7) is 3.69. The zero-order chi connectivity index (χ0) is 15.4. The van der Waals surface area contributed by atoms with Gasteiger partial charge >= 0.3 is 0 Å². The molecule has 0 spiro atoms. The van der Waals surface area contributed by atoms with Gasteiger partial charge in [-0.15, -0.1) is 0 Å². The summed E-state index contributed by atoms with van der Waals surface area (Å²) in [5.41, 5.74) is 0. The molecule has 0 aliphatic rings. The largest absolute Gasteiger partial charge is 0.282 e. The Kier molecular flexibility index (Phi) is 13.1. The maximum atomic E-state index is 11.5. The van der Waals surface area contributed by atoms with Crippen LogP contribution < -0.4 is 0 Å². The van der Waals surface area contributed by atoms with Crippen LogP contribution in [0, 0.1) is 0 Å². The molecular formula is C14H22O2S4. The molecule has 0 saturated heterocycles. The Labute approximate surface area is 139 Å². The van der Waals surface area contributed by atoms with E-state index < -0.39 is 0 Å². The third-order valence-electron chi connectivity index (χ3n) is 2.41. The van der Waals surface area contributed by atoms with E-state index in [1.165, 1.54) is 23.5 Å². The number of rotatable bonds is 9. The predicted molar refractivity (Wildman–Crippen MR) is 99.2 cm³/mol. The molecule has 0 heterocycles. The number of hydrogen-bond acceptors (Lipinski definition) is 6. The van der Waals surface area contributed by atoms with Crippen molar-refractivity contribution in [2.75, 3.05) is 24.0 Å². The van der Waals surface area contributed by atoms with Crippen molar-refractivity contribution in [2.24, 2.45) is 0 Å². The van der Waals surface area contributed by atoms with Crippen molar-refractivity contribution >= 4 is 57.3 Å². The van der Waals surface area contributed by atoms with E-state index in [2.05, 4.69) is 12.5 Å². The van der Waals surface area contributed by atoms with Crippen LogP contribution in [0.25, 0.3) is 0 Å². The average molecular weight is 351 g/mol. The van der Waals surface area contributed by atoms with Crippen molar-refractivity contribution in [3.8, 4) is 0 Å². The fourth-order valence-corrected chi connectivity index (χ4v) is 6.14. The fraction of sp³-hybridized carbons (Fsp3) is 0.571. The first-order valence-electron chi connectivity index (χ1n) is 6.23. The summed E-state index contributed by atoms with van der Waals surface area (Å²) < 4.78 is 0. The van der Waals surface area contributed by atoms with Crippen molar-refractivity contribution in [1.82, 2.24) is 0 Å². The molecule has 0 aromatic heterocycles. The van der Waals surface area contributed by atoms with Gasteiger partial charge in [-0.1, -0.05) is 35.7 Å². The van der Waals surface area contributed by atoms with Crippen LogP contribution in [-0.4, -0.2) is 44.7 Å². The average Bonchev–Trinajstić information content (AvgIpc) is 2.43.